The van der Waals surface area contributed by atoms with Crippen LogP contribution in [-0.2, 0) is 26.2 Å². The number of carbonyl (C=O) groups is 2. The molecule has 2 aromatic rings. The highest BCUT2D eigenvalue weighted by Gasteiger charge is 2.31. The topological polar surface area (TPSA) is 86.8 Å². The van der Waals surface area contributed by atoms with Gasteiger partial charge in [0.1, 0.15) is 18.4 Å². The van der Waals surface area contributed by atoms with Crippen LogP contribution in [0.1, 0.15) is 26.3 Å². The van der Waals surface area contributed by atoms with Crippen LogP contribution in [0.5, 0.6) is 0 Å². The molecule has 2 rings (SSSR count). The quantitative estimate of drug-likeness (QED) is 0.500. The Labute approximate surface area is 209 Å². The highest BCUT2D eigenvalue weighted by Crippen LogP contribution is 2.33. The summed E-state index contributed by atoms with van der Waals surface area (Å²) in [4.78, 5) is 27.3. The summed E-state index contributed by atoms with van der Waals surface area (Å²) in [6.07, 6.45) is 0.928. The van der Waals surface area contributed by atoms with Crippen molar-refractivity contribution in [2.24, 2.45) is 5.92 Å². The number of halogens is 3. The molecule has 2 amide bonds. The lowest BCUT2D eigenvalue weighted by Gasteiger charge is -2.32. The Balaban J connectivity index is 2.43. The van der Waals surface area contributed by atoms with Gasteiger partial charge in [-0.15, -0.1) is 0 Å². The zero-order chi connectivity index (χ0) is 25.6. The molecule has 0 heterocycles. The van der Waals surface area contributed by atoms with Gasteiger partial charge < -0.3 is 10.2 Å². The van der Waals surface area contributed by atoms with Gasteiger partial charge in [0.2, 0.25) is 21.8 Å². The van der Waals surface area contributed by atoms with Crippen LogP contribution in [0, 0.1) is 11.7 Å². The predicted octanol–water partition coefficient (Wildman–Crippen LogP) is 4.09. The average molecular weight is 532 g/mol. The number of amides is 2. The van der Waals surface area contributed by atoms with Crippen LogP contribution in [0.15, 0.2) is 42.5 Å². The van der Waals surface area contributed by atoms with Crippen molar-refractivity contribution in [3.05, 3.63) is 63.9 Å². The summed E-state index contributed by atoms with van der Waals surface area (Å²) < 4.78 is 40.3. The molecular weight excluding hydrogens is 504 g/mol. The van der Waals surface area contributed by atoms with Crippen LogP contribution < -0.4 is 9.62 Å². The molecule has 186 valence electrons. The minimum absolute atomic E-state index is 0.0211. The molecule has 0 aliphatic carbocycles. The minimum atomic E-state index is -3.97. The first kappa shape index (κ1) is 27.9. The molecule has 0 aromatic heterocycles. The lowest BCUT2D eigenvalue weighted by Crippen LogP contribution is -2.51. The number of benzene rings is 2. The SMILES string of the molecule is CC(C)CNC(=O)C(C)N(Cc1ccccc1F)C(=O)CN(c1cccc(Cl)c1Cl)S(C)(=O)=O. The fraction of sp³-hybridized carbons (Fsp3) is 0.391. The van der Waals surface area contributed by atoms with Crippen molar-refractivity contribution in [1.29, 1.82) is 0 Å². The van der Waals surface area contributed by atoms with Crippen LogP contribution in [0.4, 0.5) is 10.1 Å². The molecule has 0 saturated heterocycles. The zero-order valence-corrected chi connectivity index (χ0v) is 21.7. The molecule has 0 aliphatic heterocycles. The molecular formula is C23H28Cl2FN3O4S. The van der Waals surface area contributed by atoms with Crippen LogP contribution in [-0.4, -0.2) is 50.5 Å². The van der Waals surface area contributed by atoms with Crippen molar-refractivity contribution in [2.45, 2.75) is 33.4 Å². The molecule has 11 heteroatoms. The van der Waals surface area contributed by atoms with Gasteiger partial charge in [-0.05, 0) is 31.0 Å². The first-order chi connectivity index (χ1) is 15.8. The van der Waals surface area contributed by atoms with E-state index >= 15 is 0 Å². The molecule has 1 N–H and O–H groups in total. The van der Waals surface area contributed by atoms with Crippen LogP contribution in [0.2, 0.25) is 10.0 Å². The molecule has 1 unspecified atom stereocenters. The second kappa shape index (κ2) is 11.9. The minimum Gasteiger partial charge on any atom is -0.354 e. The highest BCUT2D eigenvalue weighted by atomic mass is 35.5. The van der Waals surface area contributed by atoms with E-state index in [0.29, 0.717) is 6.54 Å². The zero-order valence-electron chi connectivity index (χ0n) is 19.4. The van der Waals surface area contributed by atoms with E-state index in [2.05, 4.69) is 5.32 Å². The molecule has 0 spiro atoms. The molecule has 7 nitrogen and oxygen atoms in total. The summed E-state index contributed by atoms with van der Waals surface area (Å²) in [7, 11) is -3.97. The van der Waals surface area contributed by atoms with Crippen molar-refractivity contribution in [2.75, 3.05) is 23.7 Å². The highest BCUT2D eigenvalue weighted by molar-refractivity contribution is 7.92. The molecule has 0 aliphatic rings. The van der Waals surface area contributed by atoms with Crippen LogP contribution in [0.3, 0.4) is 0 Å². The molecule has 1 atom stereocenters. The van der Waals surface area contributed by atoms with E-state index in [0.717, 1.165) is 15.5 Å². The van der Waals surface area contributed by atoms with Gasteiger partial charge in [-0.2, -0.15) is 0 Å². The largest absolute Gasteiger partial charge is 0.354 e. The first-order valence-corrected chi connectivity index (χ1v) is 13.2. The molecule has 0 radical (unpaired) electrons. The normalized spacial score (nSPS) is 12.4. The maximum Gasteiger partial charge on any atom is 0.244 e. The first-order valence-electron chi connectivity index (χ1n) is 10.5. The number of anilines is 1. The summed E-state index contributed by atoms with van der Waals surface area (Å²) in [6, 6.07) is 9.28. The van der Waals surface area contributed by atoms with Gasteiger partial charge in [0, 0.05) is 18.7 Å². The fourth-order valence-corrected chi connectivity index (χ4v) is 4.43. The lowest BCUT2D eigenvalue weighted by molar-refractivity contribution is -0.139. The van der Waals surface area contributed by atoms with Gasteiger partial charge in [-0.1, -0.05) is 61.3 Å². The molecule has 2 aromatic carbocycles. The standard InChI is InChI=1S/C23H28Cl2FN3O4S/c1-15(2)12-27-23(31)16(3)28(13-17-8-5-6-10-19(17)26)21(30)14-29(34(4,32)33)20-11-7-9-18(24)22(20)25/h5-11,15-16H,12-14H2,1-4H3,(H,27,31). The van der Waals surface area contributed by atoms with E-state index in [1.165, 1.54) is 43.3 Å². The number of rotatable bonds is 10. The van der Waals surface area contributed by atoms with E-state index < -0.39 is 40.2 Å². The van der Waals surface area contributed by atoms with Crippen molar-refractivity contribution < 1.29 is 22.4 Å². The molecule has 0 saturated carbocycles. The Morgan fingerprint density at radius 2 is 1.71 bits per heavy atom. The Morgan fingerprint density at radius 3 is 2.29 bits per heavy atom. The Morgan fingerprint density at radius 1 is 1.06 bits per heavy atom. The average Bonchev–Trinajstić information content (AvgIpc) is 2.76. The molecule has 34 heavy (non-hydrogen) atoms. The van der Waals surface area contributed by atoms with Gasteiger partial charge in [0.15, 0.2) is 0 Å². The van der Waals surface area contributed by atoms with Crippen LogP contribution >= 0.6 is 23.2 Å². The maximum absolute atomic E-state index is 14.4. The Kier molecular flexibility index (Phi) is 9.73. The molecule has 0 fully saturated rings. The fourth-order valence-electron chi connectivity index (χ4n) is 3.12. The number of sulfonamides is 1. The number of hydrogen-bond donors (Lipinski definition) is 1. The second-order valence-corrected chi connectivity index (χ2v) is 11.0. The van der Waals surface area contributed by atoms with Crippen molar-refractivity contribution in [3.8, 4) is 0 Å². The van der Waals surface area contributed by atoms with E-state index in [-0.39, 0.29) is 33.8 Å². The summed E-state index contributed by atoms with van der Waals surface area (Å²) in [6.45, 7) is 4.85. The summed E-state index contributed by atoms with van der Waals surface area (Å²) in [5.41, 5.74) is 0.207. The number of nitrogens with one attached hydrogen (secondary N) is 1. The van der Waals surface area contributed by atoms with Gasteiger partial charge in [0.05, 0.1) is 22.0 Å². The van der Waals surface area contributed by atoms with E-state index in [4.69, 9.17) is 23.2 Å². The monoisotopic (exact) mass is 531 g/mol. The van der Waals surface area contributed by atoms with E-state index in [1.54, 1.807) is 6.07 Å². The van der Waals surface area contributed by atoms with Gasteiger partial charge >= 0.3 is 0 Å². The third-order valence-corrected chi connectivity index (χ3v) is 6.96. The van der Waals surface area contributed by atoms with Gasteiger partial charge in [-0.25, -0.2) is 12.8 Å². The second-order valence-electron chi connectivity index (χ2n) is 8.27. The van der Waals surface area contributed by atoms with Gasteiger partial charge in [0.25, 0.3) is 0 Å². The summed E-state index contributed by atoms with van der Waals surface area (Å²) in [5, 5.41) is 2.83. The third kappa shape index (κ3) is 7.32. The van der Waals surface area contributed by atoms with Gasteiger partial charge in [-0.3, -0.25) is 13.9 Å². The van der Waals surface area contributed by atoms with E-state index in [1.807, 2.05) is 13.8 Å². The Bertz CT molecular complexity index is 1140. The van der Waals surface area contributed by atoms with Crippen molar-refractivity contribution in [1.82, 2.24) is 10.2 Å². The summed E-state index contributed by atoms with van der Waals surface area (Å²) in [5.74, 6) is -1.52. The Hall–Kier alpha value is -2.36. The predicted molar refractivity (Wildman–Crippen MR) is 133 cm³/mol. The number of nitrogens with zero attached hydrogens (tertiary/aromatic N) is 2. The maximum atomic E-state index is 14.4. The lowest BCUT2D eigenvalue weighted by atomic mass is 10.1. The van der Waals surface area contributed by atoms with Crippen LogP contribution in [0.25, 0.3) is 0 Å². The van der Waals surface area contributed by atoms with Crippen molar-refractivity contribution >= 4 is 50.7 Å². The summed E-state index contributed by atoms with van der Waals surface area (Å²) >= 11 is 12.3. The number of hydrogen-bond acceptors (Lipinski definition) is 4. The third-order valence-electron chi connectivity index (χ3n) is 5.03. The number of carbonyl (C=O) groups excluding carboxylic acids is 2. The smallest absolute Gasteiger partial charge is 0.244 e. The van der Waals surface area contributed by atoms with E-state index in [9.17, 15) is 22.4 Å². The van der Waals surface area contributed by atoms with Crippen molar-refractivity contribution in [3.63, 3.8) is 0 Å². The molecule has 0 bridgehead atoms.